The number of carbonyl (C=O) groups excluding carboxylic acids is 1. The number of carbonyl (C=O) groups is 1. The SMILES string of the molecule is CN(C(=O)COc1cc(F)ccc1[N+](=O)[O-])C1=CCCC1. The van der Waals surface area contributed by atoms with Crippen LogP contribution >= 0.6 is 0 Å². The minimum atomic E-state index is -0.678. The van der Waals surface area contributed by atoms with Crippen LogP contribution in [-0.4, -0.2) is 29.4 Å². The van der Waals surface area contributed by atoms with Gasteiger partial charge in [-0.2, -0.15) is 0 Å². The lowest BCUT2D eigenvalue weighted by Crippen LogP contribution is -2.30. The van der Waals surface area contributed by atoms with Crippen molar-refractivity contribution < 1.29 is 18.8 Å². The molecule has 7 heteroatoms. The monoisotopic (exact) mass is 294 g/mol. The number of rotatable bonds is 5. The number of amides is 1. The standard InChI is InChI=1S/C14H15FN2O4/c1-16(11-4-2-3-5-11)14(18)9-21-13-8-10(15)6-7-12(13)17(19)20/h4,6-8H,2-3,5,9H2,1H3. The highest BCUT2D eigenvalue weighted by atomic mass is 19.1. The average Bonchev–Trinajstić information content (AvgIpc) is 2.97. The molecule has 0 aliphatic heterocycles. The third kappa shape index (κ3) is 3.56. The fraction of sp³-hybridized carbons (Fsp3) is 0.357. The van der Waals surface area contributed by atoms with Gasteiger partial charge in [-0.05, 0) is 25.3 Å². The third-order valence-corrected chi connectivity index (χ3v) is 3.29. The van der Waals surface area contributed by atoms with Crippen LogP contribution in [0, 0.1) is 15.9 Å². The van der Waals surface area contributed by atoms with Crippen molar-refractivity contribution in [3.05, 3.63) is 45.9 Å². The van der Waals surface area contributed by atoms with Crippen LogP contribution in [0.2, 0.25) is 0 Å². The maximum atomic E-state index is 13.1. The molecule has 112 valence electrons. The predicted octanol–water partition coefficient (Wildman–Crippen LogP) is 2.64. The van der Waals surface area contributed by atoms with Gasteiger partial charge >= 0.3 is 5.69 Å². The Labute approximate surface area is 121 Å². The Morgan fingerprint density at radius 3 is 2.90 bits per heavy atom. The molecule has 0 heterocycles. The summed E-state index contributed by atoms with van der Waals surface area (Å²) in [7, 11) is 1.63. The Hall–Kier alpha value is -2.44. The van der Waals surface area contributed by atoms with Crippen LogP contribution in [0.5, 0.6) is 5.75 Å². The number of nitro benzene ring substituents is 1. The molecule has 0 saturated heterocycles. The van der Waals surface area contributed by atoms with Crippen LogP contribution in [0.3, 0.4) is 0 Å². The van der Waals surface area contributed by atoms with Crippen molar-refractivity contribution in [1.29, 1.82) is 0 Å². The highest BCUT2D eigenvalue weighted by molar-refractivity contribution is 5.79. The van der Waals surface area contributed by atoms with E-state index in [2.05, 4.69) is 0 Å². The van der Waals surface area contributed by atoms with Crippen molar-refractivity contribution in [3.8, 4) is 5.75 Å². The highest BCUT2D eigenvalue weighted by Crippen LogP contribution is 2.27. The quantitative estimate of drug-likeness (QED) is 0.618. The summed E-state index contributed by atoms with van der Waals surface area (Å²) in [6, 6.07) is 2.89. The van der Waals surface area contributed by atoms with Gasteiger partial charge in [0.25, 0.3) is 5.91 Å². The van der Waals surface area contributed by atoms with Gasteiger partial charge in [-0.15, -0.1) is 0 Å². The first-order chi connectivity index (χ1) is 9.99. The van der Waals surface area contributed by atoms with Crippen LogP contribution in [0.1, 0.15) is 19.3 Å². The Balaban J connectivity index is 2.04. The smallest absolute Gasteiger partial charge is 0.311 e. The summed E-state index contributed by atoms with van der Waals surface area (Å²) in [5, 5.41) is 10.8. The molecule has 0 unspecified atom stereocenters. The second-order valence-corrected chi connectivity index (χ2v) is 4.70. The molecular formula is C14H15FN2O4. The molecule has 0 bridgehead atoms. The molecule has 0 aromatic heterocycles. The molecule has 0 radical (unpaired) electrons. The van der Waals surface area contributed by atoms with E-state index in [0.717, 1.165) is 43.2 Å². The topological polar surface area (TPSA) is 72.7 Å². The number of ether oxygens (including phenoxy) is 1. The van der Waals surface area contributed by atoms with Gasteiger partial charge in [0, 0.05) is 24.9 Å². The molecule has 6 nitrogen and oxygen atoms in total. The van der Waals surface area contributed by atoms with Gasteiger partial charge in [0.15, 0.2) is 6.61 Å². The van der Waals surface area contributed by atoms with Gasteiger partial charge < -0.3 is 9.64 Å². The fourth-order valence-electron chi connectivity index (χ4n) is 2.11. The number of hydrogen-bond donors (Lipinski definition) is 0. The van der Waals surface area contributed by atoms with Gasteiger partial charge in [-0.1, -0.05) is 6.08 Å². The van der Waals surface area contributed by atoms with E-state index in [1.54, 1.807) is 7.05 Å². The van der Waals surface area contributed by atoms with E-state index in [1.807, 2.05) is 6.08 Å². The van der Waals surface area contributed by atoms with E-state index in [-0.39, 0.29) is 24.0 Å². The summed E-state index contributed by atoms with van der Waals surface area (Å²) >= 11 is 0. The van der Waals surface area contributed by atoms with Crippen molar-refractivity contribution in [3.63, 3.8) is 0 Å². The minimum Gasteiger partial charge on any atom is -0.477 e. The van der Waals surface area contributed by atoms with Crippen molar-refractivity contribution in [2.24, 2.45) is 0 Å². The summed E-state index contributed by atoms with van der Waals surface area (Å²) in [4.78, 5) is 23.6. The number of nitrogens with zero attached hydrogens (tertiary/aromatic N) is 2. The van der Waals surface area contributed by atoms with Crippen LogP contribution < -0.4 is 4.74 Å². The number of allylic oxidation sites excluding steroid dienone is 2. The molecule has 1 amide bonds. The predicted molar refractivity (Wildman–Crippen MR) is 73.3 cm³/mol. The first kappa shape index (κ1) is 15.0. The van der Waals surface area contributed by atoms with Gasteiger partial charge in [0.2, 0.25) is 5.75 Å². The summed E-state index contributed by atoms with van der Waals surface area (Å²) in [6.07, 6.45) is 4.73. The Kier molecular flexibility index (Phi) is 4.52. The highest BCUT2D eigenvalue weighted by Gasteiger charge is 2.20. The van der Waals surface area contributed by atoms with Gasteiger partial charge in [-0.25, -0.2) is 4.39 Å². The minimum absolute atomic E-state index is 0.248. The first-order valence-electron chi connectivity index (χ1n) is 6.51. The number of halogens is 1. The van der Waals surface area contributed by atoms with Crippen LogP contribution in [0.25, 0.3) is 0 Å². The fourth-order valence-corrected chi connectivity index (χ4v) is 2.11. The molecule has 1 aromatic carbocycles. The lowest BCUT2D eigenvalue weighted by molar-refractivity contribution is -0.385. The number of hydrogen-bond acceptors (Lipinski definition) is 4. The number of likely N-dealkylation sites (N-methyl/N-ethyl adjacent to an activating group) is 1. The molecule has 0 fully saturated rings. The van der Waals surface area contributed by atoms with Crippen molar-refractivity contribution in [1.82, 2.24) is 4.90 Å². The lowest BCUT2D eigenvalue weighted by Gasteiger charge is -2.18. The van der Waals surface area contributed by atoms with Crippen LogP contribution in [0.4, 0.5) is 10.1 Å². The zero-order chi connectivity index (χ0) is 15.4. The maximum Gasteiger partial charge on any atom is 0.311 e. The number of benzene rings is 1. The molecule has 1 aliphatic carbocycles. The van der Waals surface area contributed by atoms with E-state index in [1.165, 1.54) is 4.90 Å². The average molecular weight is 294 g/mol. The van der Waals surface area contributed by atoms with Gasteiger partial charge in [0.05, 0.1) is 4.92 Å². The molecular weight excluding hydrogens is 279 g/mol. The Morgan fingerprint density at radius 2 is 2.29 bits per heavy atom. The van der Waals surface area contributed by atoms with E-state index < -0.39 is 10.7 Å². The second-order valence-electron chi connectivity index (χ2n) is 4.70. The summed E-state index contributed by atoms with van der Waals surface area (Å²) < 4.78 is 18.3. The zero-order valence-electron chi connectivity index (χ0n) is 11.5. The van der Waals surface area contributed by atoms with Crippen molar-refractivity contribution >= 4 is 11.6 Å². The molecule has 2 rings (SSSR count). The summed E-state index contributed by atoms with van der Waals surface area (Å²) in [6.45, 7) is -0.377. The largest absolute Gasteiger partial charge is 0.477 e. The first-order valence-corrected chi connectivity index (χ1v) is 6.51. The zero-order valence-corrected chi connectivity index (χ0v) is 11.5. The van der Waals surface area contributed by atoms with Crippen LogP contribution in [0.15, 0.2) is 30.0 Å². The van der Waals surface area contributed by atoms with E-state index in [0.29, 0.717) is 0 Å². The molecule has 0 N–H and O–H groups in total. The van der Waals surface area contributed by atoms with E-state index in [4.69, 9.17) is 4.74 Å². The molecule has 0 saturated carbocycles. The number of nitro groups is 1. The summed E-state index contributed by atoms with van der Waals surface area (Å²) in [5.41, 5.74) is 0.546. The Bertz CT molecular complexity index is 601. The van der Waals surface area contributed by atoms with E-state index >= 15 is 0 Å². The second kappa shape index (κ2) is 6.34. The van der Waals surface area contributed by atoms with Crippen molar-refractivity contribution in [2.75, 3.05) is 13.7 Å². The Morgan fingerprint density at radius 1 is 1.52 bits per heavy atom. The maximum absolute atomic E-state index is 13.1. The molecule has 0 atom stereocenters. The molecule has 21 heavy (non-hydrogen) atoms. The summed E-state index contributed by atoms with van der Waals surface area (Å²) in [5.74, 6) is -1.24. The van der Waals surface area contributed by atoms with E-state index in [9.17, 15) is 19.3 Å². The molecule has 0 spiro atoms. The lowest BCUT2D eigenvalue weighted by atomic mass is 10.3. The molecule has 1 aromatic rings. The molecule has 1 aliphatic rings. The van der Waals surface area contributed by atoms with Gasteiger partial charge in [0.1, 0.15) is 5.82 Å². The van der Waals surface area contributed by atoms with Crippen LogP contribution in [-0.2, 0) is 4.79 Å². The van der Waals surface area contributed by atoms with Gasteiger partial charge in [-0.3, -0.25) is 14.9 Å². The van der Waals surface area contributed by atoms with Crippen molar-refractivity contribution in [2.45, 2.75) is 19.3 Å². The third-order valence-electron chi connectivity index (χ3n) is 3.29. The normalized spacial score (nSPS) is 13.7.